The number of ketones is 1. The summed E-state index contributed by atoms with van der Waals surface area (Å²) < 4.78 is 0. The summed E-state index contributed by atoms with van der Waals surface area (Å²) in [6.45, 7) is 2.20. The molecule has 0 atom stereocenters. The fraction of sp³-hybridized carbons (Fsp3) is 0.348. The van der Waals surface area contributed by atoms with Crippen molar-refractivity contribution >= 4 is 17.5 Å². The molecule has 0 radical (unpaired) electrons. The van der Waals surface area contributed by atoms with E-state index in [1.165, 1.54) is 12.8 Å². The molecule has 1 saturated carbocycles. The second-order valence-corrected chi connectivity index (χ2v) is 7.66. The average molecular weight is 351 g/mol. The number of unbranched alkanes of at least 4 members (excludes halogenated alkanes) is 1. The van der Waals surface area contributed by atoms with E-state index in [-0.39, 0.29) is 0 Å². The lowest BCUT2D eigenvalue weighted by atomic mass is 9.63. The van der Waals surface area contributed by atoms with Crippen LogP contribution in [0.4, 0.5) is 0 Å². The van der Waals surface area contributed by atoms with Crippen LogP contribution >= 0.6 is 11.8 Å². The van der Waals surface area contributed by atoms with E-state index in [4.69, 9.17) is 0 Å². The maximum Gasteiger partial charge on any atom is 0.174 e. The summed E-state index contributed by atoms with van der Waals surface area (Å²) in [5, 5.41) is 2.14. The van der Waals surface area contributed by atoms with Crippen LogP contribution in [-0.4, -0.2) is 11.5 Å². The van der Waals surface area contributed by atoms with E-state index in [9.17, 15) is 4.79 Å². The van der Waals surface area contributed by atoms with Gasteiger partial charge in [0, 0.05) is 5.57 Å². The molecular formula is C23H26OS. The Labute approximate surface area is 155 Å². The monoisotopic (exact) mass is 350 g/mol. The third-order valence-electron chi connectivity index (χ3n) is 5.05. The Kier molecular flexibility index (Phi) is 6.14. The van der Waals surface area contributed by atoms with E-state index in [1.54, 1.807) is 11.8 Å². The predicted octanol–water partition coefficient (Wildman–Crippen LogP) is 6.14. The minimum absolute atomic E-state index is 0.292. The summed E-state index contributed by atoms with van der Waals surface area (Å²) in [7, 11) is 0. The number of rotatable bonds is 6. The molecular weight excluding hydrogens is 324 g/mol. The molecule has 0 heterocycles. The van der Waals surface area contributed by atoms with E-state index < -0.39 is 5.41 Å². The van der Waals surface area contributed by atoms with Crippen LogP contribution in [0.25, 0.3) is 0 Å². The van der Waals surface area contributed by atoms with Gasteiger partial charge in [0.15, 0.2) is 5.78 Å². The first-order valence-electron chi connectivity index (χ1n) is 9.25. The average Bonchev–Trinajstić information content (AvgIpc) is 2.68. The number of carbonyl (C=O) groups is 1. The van der Waals surface area contributed by atoms with Crippen LogP contribution in [-0.2, 0) is 10.2 Å². The molecule has 3 rings (SSSR count). The topological polar surface area (TPSA) is 17.1 Å². The summed E-state index contributed by atoms with van der Waals surface area (Å²) in [5.41, 5.74) is 2.71. The van der Waals surface area contributed by atoms with Crippen molar-refractivity contribution in [3.8, 4) is 0 Å². The van der Waals surface area contributed by atoms with Crippen LogP contribution in [0.15, 0.2) is 71.6 Å². The third-order valence-corrected chi connectivity index (χ3v) is 6.03. The first-order chi connectivity index (χ1) is 12.3. The second-order valence-electron chi connectivity index (χ2n) is 6.69. The van der Waals surface area contributed by atoms with Gasteiger partial charge in [-0.15, -0.1) is 11.8 Å². The number of hydrogen-bond acceptors (Lipinski definition) is 2. The first-order valence-corrected chi connectivity index (χ1v) is 10.3. The molecule has 0 aromatic heterocycles. The van der Waals surface area contributed by atoms with E-state index in [2.05, 4.69) is 36.6 Å². The molecule has 0 unspecified atom stereocenters. The number of hydrogen-bond donors (Lipinski definition) is 0. The molecule has 1 nitrogen and oxygen atoms in total. The molecule has 1 fully saturated rings. The van der Waals surface area contributed by atoms with Gasteiger partial charge in [-0.25, -0.2) is 0 Å². The maximum absolute atomic E-state index is 13.6. The molecule has 0 amide bonds. The van der Waals surface area contributed by atoms with Gasteiger partial charge in [0.05, 0.1) is 5.41 Å². The van der Waals surface area contributed by atoms with Crippen molar-refractivity contribution in [1.29, 1.82) is 0 Å². The smallest absolute Gasteiger partial charge is 0.174 e. The van der Waals surface area contributed by atoms with Crippen molar-refractivity contribution in [3.63, 3.8) is 0 Å². The normalized spacial score (nSPS) is 18.4. The first kappa shape index (κ1) is 18.0. The number of Topliss-reactive ketones (excluding diaryl/α,β-unsaturated/α-hetero) is 1. The van der Waals surface area contributed by atoms with Crippen molar-refractivity contribution in [2.75, 3.05) is 5.75 Å². The van der Waals surface area contributed by atoms with Crippen molar-refractivity contribution in [2.45, 2.75) is 44.4 Å². The Balaban J connectivity index is 2.01. The number of thioether (sulfide) groups is 1. The van der Waals surface area contributed by atoms with Crippen molar-refractivity contribution in [2.24, 2.45) is 0 Å². The van der Waals surface area contributed by atoms with Crippen LogP contribution in [0.1, 0.15) is 50.2 Å². The summed E-state index contributed by atoms with van der Waals surface area (Å²) >= 11 is 1.80. The summed E-state index contributed by atoms with van der Waals surface area (Å²) in [6.07, 6.45) is 5.24. The van der Waals surface area contributed by atoms with Crippen molar-refractivity contribution in [3.05, 3.63) is 82.8 Å². The van der Waals surface area contributed by atoms with Crippen LogP contribution in [0.2, 0.25) is 0 Å². The van der Waals surface area contributed by atoms with E-state index >= 15 is 0 Å². The number of benzene rings is 2. The third kappa shape index (κ3) is 3.74. The summed E-state index contributed by atoms with van der Waals surface area (Å²) in [5.74, 6) is 1.39. The maximum atomic E-state index is 13.6. The van der Waals surface area contributed by atoms with Gasteiger partial charge in [-0.2, -0.15) is 0 Å². The van der Waals surface area contributed by atoms with Crippen LogP contribution in [0, 0.1) is 0 Å². The molecule has 2 heteroatoms. The predicted molar refractivity (Wildman–Crippen MR) is 108 cm³/mol. The largest absolute Gasteiger partial charge is 0.293 e. The quantitative estimate of drug-likeness (QED) is 0.459. The Morgan fingerprint density at radius 1 is 1.00 bits per heavy atom. The lowest BCUT2D eigenvalue weighted by molar-refractivity contribution is -0.120. The van der Waals surface area contributed by atoms with Gasteiger partial charge < -0.3 is 0 Å². The van der Waals surface area contributed by atoms with Crippen molar-refractivity contribution in [1.82, 2.24) is 0 Å². The van der Waals surface area contributed by atoms with E-state index in [0.717, 1.165) is 41.7 Å². The fourth-order valence-electron chi connectivity index (χ4n) is 3.71. The minimum atomic E-state index is -0.530. The molecule has 2 aromatic carbocycles. The molecule has 0 N–H and O–H groups in total. The highest BCUT2D eigenvalue weighted by Gasteiger charge is 2.44. The van der Waals surface area contributed by atoms with E-state index in [0.29, 0.717) is 5.78 Å². The van der Waals surface area contributed by atoms with Crippen molar-refractivity contribution < 1.29 is 4.79 Å². The molecule has 1 aliphatic rings. The highest BCUT2D eigenvalue weighted by Crippen LogP contribution is 2.44. The molecule has 2 aromatic rings. The van der Waals surface area contributed by atoms with Crippen LogP contribution in [0.5, 0.6) is 0 Å². The minimum Gasteiger partial charge on any atom is -0.293 e. The molecule has 0 aliphatic heterocycles. The zero-order chi connectivity index (χ0) is 17.5. The van der Waals surface area contributed by atoms with E-state index in [1.807, 2.05) is 36.4 Å². The molecule has 0 spiro atoms. The molecule has 1 aliphatic carbocycles. The lowest BCUT2D eigenvalue weighted by Gasteiger charge is -2.38. The zero-order valence-electron chi connectivity index (χ0n) is 14.9. The van der Waals surface area contributed by atoms with Gasteiger partial charge >= 0.3 is 0 Å². The summed E-state index contributed by atoms with van der Waals surface area (Å²) in [6, 6.07) is 20.6. The second kappa shape index (κ2) is 8.53. The Morgan fingerprint density at radius 2 is 1.60 bits per heavy atom. The number of allylic oxidation sites excluding steroid dienone is 1. The van der Waals surface area contributed by atoms with Gasteiger partial charge in [-0.1, -0.05) is 74.0 Å². The lowest BCUT2D eigenvalue weighted by Crippen LogP contribution is -2.41. The highest BCUT2D eigenvalue weighted by molar-refractivity contribution is 8.02. The molecule has 0 bridgehead atoms. The Bertz CT molecular complexity index is 679. The van der Waals surface area contributed by atoms with Crippen LogP contribution in [0.3, 0.4) is 0 Å². The molecule has 25 heavy (non-hydrogen) atoms. The molecule has 0 saturated heterocycles. The van der Waals surface area contributed by atoms with Gasteiger partial charge in [0.25, 0.3) is 0 Å². The highest BCUT2D eigenvalue weighted by atomic mass is 32.2. The molecule has 130 valence electrons. The standard InChI is InChI=1S/C23H26OS/c1-2-3-17-25-18-19-11-10-16-23(22(19)24,20-12-6-4-7-13-20)21-14-8-5-9-15-21/h4-9,12-15,18H,2-3,10-11,16-17H2,1H3. The zero-order valence-corrected chi connectivity index (χ0v) is 15.7. The Morgan fingerprint density at radius 3 is 2.16 bits per heavy atom. The number of carbonyl (C=O) groups excluding carboxylic acids is 1. The summed E-state index contributed by atoms with van der Waals surface area (Å²) in [4.78, 5) is 13.6. The van der Waals surface area contributed by atoms with Crippen LogP contribution < -0.4 is 0 Å². The van der Waals surface area contributed by atoms with Gasteiger partial charge in [0.2, 0.25) is 0 Å². The van der Waals surface area contributed by atoms with Gasteiger partial charge in [-0.3, -0.25) is 4.79 Å². The fourth-order valence-corrected chi connectivity index (χ4v) is 4.71. The SMILES string of the molecule is CCCCSC=C1CCCC(c2ccccc2)(c2ccccc2)C1=O. The van der Waals surface area contributed by atoms with Gasteiger partial charge in [0.1, 0.15) is 0 Å². The Hall–Kier alpha value is -1.80. The van der Waals surface area contributed by atoms with Gasteiger partial charge in [-0.05, 0) is 48.0 Å².